The highest BCUT2D eigenvalue weighted by Gasteiger charge is 2.16. The third kappa shape index (κ3) is 3.69. The minimum atomic E-state index is 0.0719. The maximum absolute atomic E-state index is 6.01. The van der Waals surface area contributed by atoms with Gasteiger partial charge in [-0.05, 0) is 43.7 Å². The van der Waals surface area contributed by atoms with Crippen molar-refractivity contribution in [3.63, 3.8) is 0 Å². The van der Waals surface area contributed by atoms with Crippen LogP contribution in [0.5, 0.6) is 0 Å². The van der Waals surface area contributed by atoms with E-state index < -0.39 is 0 Å². The van der Waals surface area contributed by atoms with Crippen LogP contribution in [-0.4, -0.2) is 18.1 Å². The van der Waals surface area contributed by atoms with Crippen LogP contribution in [0.4, 0.5) is 5.69 Å². The lowest BCUT2D eigenvalue weighted by molar-refractivity contribution is 0.459. The summed E-state index contributed by atoms with van der Waals surface area (Å²) in [6, 6.07) is 4.35. The molecule has 0 amide bonds. The number of nitrogens with zero attached hydrogens (tertiary/aromatic N) is 2. The Morgan fingerprint density at radius 3 is 2.79 bits per heavy atom. The maximum atomic E-state index is 6.01. The van der Waals surface area contributed by atoms with Gasteiger partial charge in [0.25, 0.3) is 0 Å². The molecule has 0 aromatic carbocycles. The predicted octanol–water partition coefficient (Wildman–Crippen LogP) is 3.51. The van der Waals surface area contributed by atoms with Crippen LogP contribution in [0.2, 0.25) is 0 Å². The maximum Gasteiger partial charge on any atom is 0.0572 e. The fourth-order valence-corrected chi connectivity index (χ4v) is 2.84. The Balaban J connectivity index is 2.01. The van der Waals surface area contributed by atoms with Crippen LogP contribution in [0.15, 0.2) is 18.3 Å². The summed E-state index contributed by atoms with van der Waals surface area (Å²) in [5.74, 6) is 0.908. The van der Waals surface area contributed by atoms with Crippen LogP contribution in [0.25, 0.3) is 0 Å². The van der Waals surface area contributed by atoms with Gasteiger partial charge in [0.2, 0.25) is 0 Å². The molecule has 1 aliphatic heterocycles. The molecule has 1 aromatic heterocycles. The normalized spacial score (nSPS) is 22.1. The number of anilines is 1. The highest BCUT2D eigenvalue weighted by molar-refractivity contribution is 5.44. The quantitative estimate of drug-likeness (QED) is 0.902. The molecule has 0 bridgehead atoms. The fraction of sp³-hybridized carbons (Fsp3) is 0.688. The molecule has 19 heavy (non-hydrogen) atoms. The van der Waals surface area contributed by atoms with Gasteiger partial charge in [-0.2, -0.15) is 0 Å². The van der Waals surface area contributed by atoms with E-state index in [9.17, 15) is 0 Å². The van der Waals surface area contributed by atoms with Gasteiger partial charge in [0.15, 0.2) is 0 Å². The molecular weight excluding hydrogens is 234 g/mol. The average Bonchev–Trinajstić information content (AvgIpc) is 2.72. The van der Waals surface area contributed by atoms with Gasteiger partial charge >= 0.3 is 0 Å². The third-order valence-corrected chi connectivity index (χ3v) is 4.38. The van der Waals surface area contributed by atoms with E-state index in [1.165, 1.54) is 37.9 Å². The van der Waals surface area contributed by atoms with E-state index in [1.807, 2.05) is 6.20 Å². The van der Waals surface area contributed by atoms with E-state index in [0.717, 1.165) is 24.6 Å². The first-order chi connectivity index (χ1) is 9.24. The lowest BCUT2D eigenvalue weighted by atomic mass is 9.98. The summed E-state index contributed by atoms with van der Waals surface area (Å²) >= 11 is 0. The zero-order chi connectivity index (χ0) is 13.7. The molecule has 1 fully saturated rings. The van der Waals surface area contributed by atoms with Crippen LogP contribution >= 0.6 is 0 Å². The van der Waals surface area contributed by atoms with E-state index in [0.29, 0.717) is 0 Å². The number of hydrogen-bond acceptors (Lipinski definition) is 3. The van der Waals surface area contributed by atoms with Gasteiger partial charge in [-0.3, -0.25) is 4.98 Å². The van der Waals surface area contributed by atoms with Crippen LogP contribution in [-0.2, 0) is 0 Å². The summed E-state index contributed by atoms with van der Waals surface area (Å²) in [6.45, 7) is 6.74. The van der Waals surface area contributed by atoms with Crippen molar-refractivity contribution in [2.45, 2.75) is 52.0 Å². The summed E-state index contributed by atoms with van der Waals surface area (Å²) < 4.78 is 0. The molecule has 3 nitrogen and oxygen atoms in total. The number of aromatic nitrogens is 1. The Bertz CT molecular complexity index is 374. The lowest BCUT2D eigenvalue weighted by Crippen LogP contribution is -2.24. The van der Waals surface area contributed by atoms with E-state index in [-0.39, 0.29) is 6.04 Å². The second kappa shape index (κ2) is 6.90. The van der Waals surface area contributed by atoms with E-state index in [1.54, 1.807) is 0 Å². The van der Waals surface area contributed by atoms with Crippen molar-refractivity contribution in [2.24, 2.45) is 11.7 Å². The molecule has 2 atom stereocenters. The average molecular weight is 261 g/mol. The third-order valence-electron chi connectivity index (χ3n) is 4.38. The second-order valence-electron chi connectivity index (χ2n) is 5.65. The number of rotatable bonds is 4. The fourth-order valence-electron chi connectivity index (χ4n) is 2.84. The first kappa shape index (κ1) is 14.3. The van der Waals surface area contributed by atoms with Crippen molar-refractivity contribution in [3.8, 4) is 0 Å². The Kier molecular flexibility index (Phi) is 5.20. The largest absolute Gasteiger partial charge is 0.370 e. The smallest absolute Gasteiger partial charge is 0.0572 e. The summed E-state index contributed by atoms with van der Waals surface area (Å²) in [6.07, 6.45) is 8.24. The highest BCUT2D eigenvalue weighted by atomic mass is 15.1. The van der Waals surface area contributed by atoms with Crippen molar-refractivity contribution in [3.05, 3.63) is 24.0 Å². The molecule has 1 aliphatic rings. The number of hydrogen-bond donors (Lipinski definition) is 1. The minimum absolute atomic E-state index is 0.0719. The topological polar surface area (TPSA) is 42.1 Å². The van der Waals surface area contributed by atoms with Crippen molar-refractivity contribution in [2.75, 3.05) is 18.0 Å². The first-order valence-electron chi connectivity index (χ1n) is 7.71. The zero-order valence-electron chi connectivity index (χ0n) is 12.3. The lowest BCUT2D eigenvalue weighted by Gasteiger charge is -2.23. The summed E-state index contributed by atoms with van der Waals surface area (Å²) in [4.78, 5) is 7.00. The molecule has 0 radical (unpaired) electrons. The molecule has 2 heterocycles. The highest BCUT2D eigenvalue weighted by Crippen LogP contribution is 2.24. The Morgan fingerprint density at radius 1 is 1.32 bits per heavy atom. The van der Waals surface area contributed by atoms with Crippen molar-refractivity contribution >= 4 is 5.69 Å². The van der Waals surface area contributed by atoms with Gasteiger partial charge in [-0.1, -0.05) is 20.3 Å². The molecule has 2 N–H and O–H groups in total. The van der Waals surface area contributed by atoms with Crippen molar-refractivity contribution in [1.82, 2.24) is 4.98 Å². The number of pyridine rings is 1. The van der Waals surface area contributed by atoms with Gasteiger partial charge in [0, 0.05) is 19.1 Å². The molecule has 1 aromatic rings. The summed E-state index contributed by atoms with van der Waals surface area (Å²) in [5.41, 5.74) is 8.27. The Labute approximate surface area is 117 Å². The van der Waals surface area contributed by atoms with Gasteiger partial charge in [-0.25, -0.2) is 0 Å². The van der Waals surface area contributed by atoms with Crippen LogP contribution in [0, 0.1) is 5.92 Å². The predicted molar refractivity (Wildman–Crippen MR) is 81.3 cm³/mol. The zero-order valence-corrected chi connectivity index (χ0v) is 12.3. The van der Waals surface area contributed by atoms with Crippen LogP contribution < -0.4 is 10.6 Å². The van der Waals surface area contributed by atoms with E-state index in [2.05, 4.69) is 35.9 Å². The molecule has 106 valence electrons. The SMILES string of the molecule is CCC1CCCN(c2ccc(C(N)CC)nc2)CC1. The van der Waals surface area contributed by atoms with Gasteiger partial charge < -0.3 is 10.6 Å². The molecule has 0 spiro atoms. The van der Waals surface area contributed by atoms with Crippen molar-refractivity contribution in [1.29, 1.82) is 0 Å². The van der Waals surface area contributed by atoms with Crippen LogP contribution in [0.3, 0.4) is 0 Å². The van der Waals surface area contributed by atoms with Crippen molar-refractivity contribution < 1.29 is 0 Å². The standard InChI is InChI=1S/C16H27N3/c1-3-13-6-5-10-19(11-9-13)14-7-8-16(18-12-14)15(17)4-2/h7-8,12-13,15H,3-6,9-11,17H2,1-2H3. The molecule has 2 rings (SSSR count). The Hall–Kier alpha value is -1.09. The monoisotopic (exact) mass is 261 g/mol. The second-order valence-corrected chi connectivity index (χ2v) is 5.65. The van der Waals surface area contributed by atoms with Gasteiger partial charge in [0.1, 0.15) is 0 Å². The van der Waals surface area contributed by atoms with E-state index in [4.69, 9.17) is 5.73 Å². The molecule has 3 heteroatoms. The van der Waals surface area contributed by atoms with Gasteiger partial charge in [-0.15, -0.1) is 0 Å². The van der Waals surface area contributed by atoms with E-state index >= 15 is 0 Å². The molecule has 0 aliphatic carbocycles. The Morgan fingerprint density at radius 2 is 2.16 bits per heavy atom. The molecule has 1 saturated heterocycles. The molecule has 2 unspecified atom stereocenters. The number of nitrogens with two attached hydrogens (primary N) is 1. The minimum Gasteiger partial charge on any atom is -0.370 e. The van der Waals surface area contributed by atoms with Crippen LogP contribution in [0.1, 0.15) is 57.7 Å². The summed E-state index contributed by atoms with van der Waals surface area (Å²) in [5, 5.41) is 0. The first-order valence-corrected chi connectivity index (χ1v) is 7.71. The molecule has 0 saturated carbocycles. The van der Waals surface area contributed by atoms with Gasteiger partial charge in [0.05, 0.1) is 17.6 Å². The summed E-state index contributed by atoms with van der Waals surface area (Å²) in [7, 11) is 0. The molecular formula is C16H27N3.